The van der Waals surface area contributed by atoms with E-state index in [2.05, 4.69) is 19.2 Å². The zero-order chi connectivity index (χ0) is 30.8. The molecule has 0 bridgehead atoms. The molecule has 0 aromatic heterocycles. The normalized spacial score (nSPS) is 14.7. The third kappa shape index (κ3) is 8.47. The second-order valence-electron chi connectivity index (χ2n) is 11.7. The summed E-state index contributed by atoms with van der Waals surface area (Å²) in [6, 6.07) is 24.7. The van der Waals surface area contributed by atoms with E-state index in [1.807, 2.05) is 49.4 Å². The average molecular weight is 604 g/mol. The number of carbonyl (C=O) groups excluding carboxylic acids is 2. The molecule has 0 heterocycles. The molecule has 0 radical (unpaired) electrons. The molecule has 0 unspecified atom stereocenters. The molecule has 1 atom stereocenters. The average Bonchev–Trinajstić information content (AvgIpc) is 3.03. The summed E-state index contributed by atoms with van der Waals surface area (Å²) in [6.45, 7) is 5.93. The van der Waals surface area contributed by atoms with Crippen molar-refractivity contribution in [3.8, 4) is 0 Å². The van der Waals surface area contributed by atoms with E-state index in [0.717, 1.165) is 36.8 Å². The minimum atomic E-state index is -4.07. The number of carbonyl (C=O) groups is 2. The molecule has 43 heavy (non-hydrogen) atoms. The lowest BCUT2D eigenvalue weighted by Gasteiger charge is -2.34. The second kappa shape index (κ2) is 15.2. The van der Waals surface area contributed by atoms with Gasteiger partial charge >= 0.3 is 0 Å². The first-order valence-corrected chi connectivity index (χ1v) is 17.0. The molecule has 0 saturated heterocycles. The van der Waals surface area contributed by atoms with E-state index in [0.29, 0.717) is 25.1 Å². The molecule has 1 aliphatic carbocycles. The van der Waals surface area contributed by atoms with Crippen LogP contribution in [0.5, 0.6) is 0 Å². The van der Waals surface area contributed by atoms with Crippen LogP contribution < -0.4 is 9.62 Å². The van der Waals surface area contributed by atoms with Gasteiger partial charge in [-0.3, -0.25) is 13.9 Å². The molecule has 3 aromatic rings. The van der Waals surface area contributed by atoms with Crippen molar-refractivity contribution in [3.05, 3.63) is 96.1 Å². The van der Waals surface area contributed by atoms with Crippen LogP contribution in [0.2, 0.25) is 0 Å². The summed E-state index contributed by atoms with van der Waals surface area (Å²) in [5.74, 6) is -0.306. The number of benzene rings is 3. The van der Waals surface area contributed by atoms with Gasteiger partial charge in [-0.2, -0.15) is 0 Å². The van der Waals surface area contributed by atoms with E-state index in [9.17, 15) is 18.0 Å². The summed E-state index contributed by atoms with van der Waals surface area (Å²) < 4.78 is 29.2. The maximum Gasteiger partial charge on any atom is 0.264 e. The maximum atomic E-state index is 14.2. The minimum Gasteiger partial charge on any atom is -0.352 e. The summed E-state index contributed by atoms with van der Waals surface area (Å²) in [5.41, 5.74) is 2.52. The Labute approximate surface area is 257 Å². The highest BCUT2D eigenvalue weighted by molar-refractivity contribution is 7.92. The Balaban J connectivity index is 1.66. The van der Waals surface area contributed by atoms with Crippen molar-refractivity contribution in [1.82, 2.24) is 10.2 Å². The van der Waals surface area contributed by atoms with Crippen LogP contribution in [0.1, 0.15) is 76.3 Å². The zero-order valence-electron chi connectivity index (χ0n) is 25.6. The zero-order valence-corrected chi connectivity index (χ0v) is 26.4. The molecule has 1 saturated carbocycles. The Hall–Kier alpha value is -3.65. The highest BCUT2D eigenvalue weighted by atomic mass is 32.2. The van der Waals surface area contributed by atoms with Crippen molar-refractivity contribution in [1.29, 1.82) is 0 Å². The molecule has 2 amide bonds. The Morgan fingerprint density at radius 3 is 2.05 bits per heavy atom. The third-order valence-corrected chi connectivity index (χ3v) is 10.1. The molecule has 1 aliphatic rings. The van der Waals surface area contributed by atoms with Gasteiger partial charge in [-0.15, -0.1) is 0 Å². The largest absolute Gasteiger partial charge is 0.352 e. The molecule has 1 N–H and O–H groups in total. The van der Waals surface area contributed by atoms with Gasteiger partial charge in [0.1, 0.15) is 12.6 Å². The van der Waals surface area contributed by atoms with Crippen molar-refractivity contribution < 1.29 is 18.0 Å². The van der Waals surface area contributed by atoms with Gasteiger partial charge < -0.3 is 10.2 Å². The Bertz CT molecular complexity index is 1420. The predicted octanol–water partition coefficient (Wildman–Crippen LogP) is 6.30. The van der Waals surface area contributed by atoms with Gasteiger partial charge in [-0.25, -0.2) is 8.42 Å². The van der Waals surface area contributed by atoms with Crippen molar-refractivity contribution >= 4 is 27.5 Å². The van der Waals surface area contributed by atoms with E-state index < -0.39 is 28.5 Å². The Kier molecular flexibility index (Phi) is 11.4. The van der Waals surface area contributed by atoms with Crippen LogP contribution in [-0.4, -0.2) is 50.3 Å². The highest BCUT2D eigenvalue weighted by Gasteiger charge is 2.34. The molecule has 3 aromatic carbocycles. The van der Waals surface area contributed by atoms with E-state index in [1.165, 1.54) is 22.9 Å². The third-order valence-electron chi connectivity index (χ3n) is 8.28. The topological polar surface area (TPSA) is 86.8 Å². The number of hydrogen-bond acceptors (Lipinski definition) is 4. The number of nitrogens with one attached hydrogen (secondary N) is 1. The van der Waals surface area contributed by atoms with Gasteiger partial charge in [-0.1, -0.05) is 101 Å². The summed E-state index contributed by atoms with van der Waals surface area (Å²) >= 11 is 0. The summed E-state index contributed by atoms with van der Waals surface area (Å²) in [4.78, 5) is 29.6. The van der Waals surface area contributed by atoms with E-state index in [-0.39, 0.29) is 22.8 Å². The summed E-state index contributed by atoms with van der Waals surface area (Å²) in [7, 11) is -4.07. The van der Waals surface area contributed by atoms with Gasteiger partial charge in [0, 0.05) is 12.6 Å². The van der Waals surface area contributed by atoms with Crippen LogP contribution >= 0.6 is 0 Å². The number of amides is 2. The fourth-order valence-corrected chi connectivity index (χ4v) is 7.15. The second-order valence-corrected chi connectivity index (χ2v) is 13.5. The van der Waals surface area contributed by atoms with Gasteiger partial charge in [0.05, 0.1) is 10.6 Å². The predicted molar refractivity (Wildman–Crippen MR) is 172 cm³/mol. The van der Waals surface area contributed by atoms with Crippen molar-refractivity contribution in [2.24, 2.45) is 0 Å². The molecular weight excluding hydrogens is 558 g/mol. The van der Waals surface area contributed by atoms with Gasteiger partial charge in [-0.05, 0) is 67.0 Å². The lowest BCUT2D eigenvalue weighted by atomic mass is 9.95. The molecule has 0 spiro atoms. The fourth-order valence-electron chi connectivity index (χ4n) is 5.71. The monoisotopic (exact) mass is 603 g/mol. The van der Waals surface area contributed by atoms with Crippen LogP contribution in [-0.2, 0) is 26.0 Å². The van der Waals surface area contributed by atoms with Crippen LogP contribution in [0.25, 0.3) is 0 Å². The summed E-state index contributed by atoms with van der Waals surface area (Å²) in [6.07, 6.45) is 6.20. The lowest BCUT2D eigenvalue weighted by molar-refractivity contribution is -0.140. The maximum absolute atomic E-state index is 14.2. The Morgan fingerprint density at radius 2 is 1.47 bits per heavy atom. The van der Waals surface area contributed by atoms with Crippen LogP contribution in [0, 0.1) is 0 Å². The first-order chi connectivity index (χ1) is 20.7. The van der Waals surface area contributed by atoms with Crippen LogP contribution in [0.15, 0.2) is 89.8 Å². The number of anilines is 1. The molecule has 1 fully saturated rings. The Morgan fingerprint density at radius 1 is 0.860 bits per heavy atom. The van der Waals surface area contributed by atoms with Gasteiger partial charge in [0.2, 0.25) is 11.8 Å². The number of sulfonamides is 1. The van der Waals surface area contributed by atoms with Crippen molar-refractivity contribution in [3.63, 3.8) is 0 Å². The molecule has 0 aliphatic heterocycles. The van der Waals surface area contributed by atoms with Gasteiger partial charge in [0.15, 0.2) is 0 Å². The standard InChI is InChI=1S/C35H45N3O4S/c1-4-33(35(40)36-30-16-10-6-11-17-30)37(25-24-28-14-8-5-9-15-28)34(39)26-38(31-22-20-29(21-23-31)27(2)3)43(41,42)32-18-12-7-13-19-32/h5,7-9,12-15,18-23,27,30,33H,4,6,10-11,16-17,24-26H2,1-3H3,(H,36,40)/t33-/m0/s1. The van der Waals surface area contributed by atoms with E-state index in [4.69, 9.17) is 0 Å². The molecule has 230 valence electrons. The van der Waals surface area contributed by atoms with Crippen LogP contribution in [0.4, 0.5) is 5.69 Å². The van der Waals surface area contributed by atoms with Crippen molar-refractivity contribution in [2.45, 2.75) is 88.6 Å². The molecule has 7 nitrogen and oxygen atoms in total. The molecule has 4 rings (SSSR count). The van der Waals surface area contributed by atoms with E-state index in [1.54, 1.807) is 35.2 Å². The number of nitrogens with zero attached hydrogens (tertiary/aromatic N) is 2. The smallest absolute Gasteiger partial charge is 0.264 e. The van der Waals surface area contributed by atoms with E-state index >= 15 is 0 Å². The first-order valence-electron chi connectivity index (χ1n) is 15.5. The highest BCUT2D eigenvalue weighted by Crippen LogP contribution is 2.27. The lowest BCUT2D eigenvalue weighted by Crippen LogP contribution is -2.54. The SMILES string of the molecule is CC[C@@H](C(=O)NC1CCCCC1)N(CCc1ccccc1)C(=O)CN(c1ccc(C(C)C)cc1)S(=O)(=O)c1ccccc1. The number of rotatable bonds is 13. The number of hydrogen-bond donors (Lipinski definition) is 1. The minimum absolute atomic E-state index is 0.105. The quantitative estimate of drug-likeness (QED) is 0.248. The fraction of sp³-hybridized carbons (Fsp3) is 0.429. The first kappa shape index (κ1) is 32.3. The molecule has 8 heteroatoms. The van der Waals surface area contributed by atoms with Gasteiger partial charge in [0.25, 0.3) is 10.0 Å². The van der Waals surface area contributed by atoms with Crippen molar-refractivity contribution in [2.75, 3.05) is 17.4 Å². The summed E-state index contributed by atoms with van der Waals surface area (Å²) in [5, 5.41) is 3.20. The van der Waals surface area contributed by atoms with Crippen LogP contribution in [0.3, 0.4) is 0 Å². The molecular formula is C35H45N3O4S.